The van der Waals surface area contributed by atoms with Crippen molar-refractivity contribution in [3.05, 3.63) is 35.9 Å². The number of oxime groups is 1. The first-order valence-electron chi connectivity index (χ1n) is 4.43. The standard InChI is InChI=1S/C8H9N7O/c9-8(12-16)7-3-6(1-2-10-7)4-15-5-11-13-14-15/h1-3,5,16H,4H2,(H2,9,12). The maximum atomic E-state index is 8.52. The number of hydrogen-bond acceptors (Lipinski definition) is 6. The summed E-state index contributed by atoms with van der Waals surface area (Å²) in [6.07, 6.45) is 3.08. The van der Waals surface area contributed by atoms with Crippen LogP contribution in [0.2, 0.25) is 0 Å². The van der Waals surface area contributed by atoms with E-state index in [1.54, 1.807) is 23.0 Å². The molecule has 0 aliphatic heterocycles. The lowest BCUT2D eigenvalue weighted by Gasteiger charge is -2.02. The fraction of sp³-hybridized carbons (Fsp3) is 0.125. The van der Waals surface area contributed by atoms with Crippen LogP contribution in [-0.4, -0.2) is 36.2 Å². The van der Waals surface area contributed by atoms with Gasteiger partial charge >= 0.3 is 0 Å². The molecule has 0 spiro atoms. The number of nitrogens with two attached hydrogens (primary N) is 1. The molecule has 0 fully saturated rings. The van der Waals surface area contributed by atoms with Crippen molar-refractivity contribution >= 4 is 5.84 Å². The van der Waals surface area contributed by atoms with E-state index < -0.39 is 0 Å². The predicted molar refractivity (Wildman–Crippen MR) is 53.7 cm³/mol. The molecular weight excluding hydrogens is 210 g/mol. The third-order valence-electron chi connectivity index (χ3n) is 1.93. The first-order valence-corrected chi connectivity index (χ1v) is 4.43. The van der Waals surface area contributed by atoms with Crippen LogP contribution >= 0.6 is 0 Å². The number of tetrazole rings is 1. The Balaban J connectivity index is 2.23. The molecule has 2 aromatic heterocycles. The SMILES string of the molecule is NC(=NO)c1cc(Cn2cnnn2)ccn1. The highest BCUT2D eigenvalue weighted by Gasteiger charge is 2.03. The van der Waals surface area contributed by atoms with Crippen molar-refractivity contribution in [1.82, 2.24) is 25.2 Å². The van der Waals surface area contributed by atoms with Gasteiger partial charge in [0, 0.05) is 6.20 Å². The molecule has 0 saturated carbocycles. The molecule has 3 N–H and O–H groups in total. The van der Waals surface area contributed by atoms with Crippen molar-refractivity contribution in [2.24, 2.45) is 10.9 Å². The second kappa shape index (κ2) is 4.34. The summed E-state index contributed by atoms with van der Waals surface area (Å²) in [5, 5.41) is 22.2. The molecule has 82 valence electrons. The molecule has 0 amide bonds. The third-order valence-corrected chi connectivity index (χ3v) is 1.93. The Morgan fingerprint density at radius 1 is 1.56 bits per heavy atom. The van der Waals surface area contributed by atoms with Crippen LogP contribution in [0.25, 0.3) is 0 Å². The fourth-order valence-corrected chi connectivity index (χ4v) is 1.20. The van der Waals surface area contributed by atoms with E-state index in [-0.39, 0.29) is 5.84 Å². The van der Waals surface area contributed by atoms with Gasteiger partial charge in [-0.05, 0) is 28.1 Å². The van der Waals surface area contributed by atoms with E-state index in [2.05, 4.69) is 25.7 Å². The molecule has 0 saturated heterocycles. The summed E-state index contributed by atoms with van der Waals surface area (Å²) in [7, 11) is 0. The summed E-state index contributed by atoms with van der Waals surface area (Å²) in [4.78, 5) is 3.96. The lowest BCUT2D eigenvalue weighted by molar-refractivity contribution is 0.318. The summed E-state index contributed by atoms with van der Waals surface area (Å²) >= 11 is 0. The molecule has 0 aliphatic rings. The van der Waals surface area contributed by atoms with Gasteiger partial charge in [-0.15, -0.1) is 5.10 Å². The zero-order valence-electron chi connectivity index (χ0n) is 8.22. The highest BCUT2D eigenvalue weighted by Crippen LogP contribution is 2.03. The van der Waals surface area contributed by atoms with Crippen molar-refractivity contribution in [2.45, 2.75) is 6.54 Å². The molecule has 2 rings (SSSR count). The Labute approximate surface area is 90.4 Å². The zero-order valence-corrected chi connectivity index (χ0v) is 8.22. The van der Waals surface area contributed by atoms with Crippen molar-refractivity contribution < 1.29 is 5.21 Å². The number of rotatable bonds is 3. The van der Waals surface area contributed by atoms with E-state index in [9.17, 15) is 0 Å². The minimum atomic E-state index is -0.0291. The average Bonchev–Trinajstić information content (AvgIpc) is 2.81. The molecule has 0 unspecified atom stereocenters. The van der Waals surface area contributed by atoms with Crippen molar-refractivity contribution in [3.63, 3.8) is 0 Å². The Hall–Kier alpha value is -2.51. The molecule has 0 radical (unpaired) electrons. The molecule has 8 heteroatoms. The van der Waals surface area contributed by atoms with Crippen LogP contribution in [0.4, 0.5) is 0 Å². The van der Waals surface area contributed by atoms with Gasteiger partial charge in [0.2, 0.25) is 0 Å². The van der Waals surface area contributed by atoms with Gasteiger partial charge in [-0.2, -0.15) is 0 Å². The van der Waals surface area contributed by atoms with Gasteiger partial charge in [0.25, 0.3) is 0 Å². The molecular formula is C8H9N7O. The van der Waals surface area contributed by atoms with Crippen LogP contribution in [0, 0.1) is 0 Å². The highest BCUT2D eigenvalue weighted by atomic mass is 16.4. The summed E-state index contributed by atoms with van der Waals surface area (Å²) in [6.45, 7) is 0.501. The van der Waals surface area contributed by atoms with E-state index in [0.717, 1.165) is 5.56 Å². The first-order chi connectivity index (χ1) is 7.79. The van der Waals surface area contributed by atoms with Gasteiger partial charge in [-0.25, -0.2) is 4.68 Å². The molecule has 2 aromatic rings. The number of pyridine rings is 1. The minimum Gasteiger partial charge on any atom is -0.409 e. The molecule has 0 aromatic carbocycles. The number of amidine groups is 1. The zero-order chi connectivity index (χ0) is 11.4. The molecule has 0 bridgehead atoms. The molecule has 0 aliphatic carbocycles. The molecule has 0 atom stereocenters. The largest absolute Gasteiger partial charge is 0.409 e. The normalized spacial score (nSPS) is 11.6. The second-order valence-electron chi connectivity index (χ2n) is 3.04. The third kappa shape index (κ3) is 2.11. The Kier molecular flexibility index (Phi) is 2.72. The lowest BCUT2D eigenvalue weighted by atomic mass is 10.2. The van der Waals surface area contributed by atoms with Crippen LogP contribution < -0.4 is 5.73 Å². The quantitative estimate of drug-likeness (QED) is 0.302. The first kappa shape index (κ1) is 10.0. The maximum Gasteiger partial charge on any atom is 0.188 e. The van der Waals surface area contributed by atoms with E-state index in [1.807, 2.05) is 0 Å². The summed E-state index contributed by atoms with van der Waals surface area (Å²) in [5.74, 6) is -0.0291. The fourth-order valence-electron chi connectivity index (χ4n) is 1.20. The summed E-state index contributed by atoms with van der Waals surface area (Å²) < 4.78 is 1.56. The van der Waals surface area contributed by atoms with Crippen molar-refractivity contribution in [3.8, 4) is 0 Å². The number of nitrogens with zero attached hydrogens (tertiary/aromatic N) is 6. The summed E-state index contributed by atoms with van der Waals surface area (Å²) in [6, 6.07) is 3.51. The van der Waals surface area contributed by atoms with Gasteiger partial charge in [0.1, 0.15) is 12.0 Å². The van der Waals surface area contributed by atoms with Crippen LogP contribution in [0.1, 0.15) is 11.3 Å². The summed E-state index contributed by atoms with van der Waals surface area (Å²) in [5.41, 5.74) is 6.74. The molecule has 16 heavy (non-hydrogen) atoms. The Morgan fingerprint density at radius 2 is 2.44 bits per heavy atom. The van der Waals surface area contributed by atoms with Crippen LogP contribution in [0.5, 0.6) is 0 Å². The Morgan fingerprint density at radius 3 is 3.12 bits per heavy atom. The van der Waals surface area contributed by atoms with Gasteiger partial charge in [0.15, 0.2) is 5.84 Å². The van der Waals surface area contributed by atoms with E-state index >= 15 is 0 Å². The average molecular weight is 219 g/mol. The van der Waals surface area contributed by atoms with Crippen LogP contribution in [0.15, 0.2) is 29.8 Å². The van der Waals surface area contributed by atoms with E-state index in [1.165, 1.54) is 6.33 Å². The van der Waals surface area contributed by atoms with Crippen LogP contribution in [-0.2, 0) is 6.54 Å². The van der Waals surface area contributed by atoms with E-state index in [0.29, 0.717) is 12.2 Å². The van der Waals surface area contributed by atoms with Gasteiger partial charge in [-0.3, -0.25) is 4.98 Å². The Bertz CT molecular complexity index is 493. The minimum absolute atomic E-state index is 0.0291. The smallest absolute Gasteiger partial charge is 0.188 e. The van der Waals surface area contributed by atoms with Crippen LogP contribution in [0.3, 0.4) is 0 Å². The topological polar surface area (TPSA) is 115 Å². The highest BCUT2D eigenvalue weighted by molar-refractivity contribution is 5.95. The second-order valence-corrected chi connectivity index (χ2v) is 3.04. The lowest BCUT2D eigenvalue weighted by Crippen LogP contribution is -2.15. The van der Waals surface area contributed by atoms with Crippen molar-refractivity contribution in [2.75, 3.05) is 0 Å². The monoisotopic (exact) mass is 219 g/mol. The molecule has 2 heterocycles. The van der Waals surface area contributed by atoms with Gasteiger partial charge < -0.3 is 10.9 Å². The number of aromatic nitrogens is 5. The van der Waals surface area contributed by atoms with Gasteiger partial charge in [-0.1, -0.05) is 5.16 Å². The van der Waals surface area contributed by atoms with E-state index in [4.69, 9.17) is 10.9 Å². The van der Waals surface area contributed by atoms with Crippen molar-refractivity contribution in [1.29, 1.82) is 0 Å². The van der Waals surface area contributed by atoms with Gasteiger partial charge in [0.05, 0.1) is 6.54 Å². The predicted octanol–water partition coefficient (Wildman–Crippen LogP) is -0.789. The maximum absolute atomic E-state index is 8.52. The molecule has 8 nitrogen and oxygen atoms in total. The number of hydrogen-bond donors (Lipinski definition) is 2.